The second-order valence-electron chi connectivity index (χ2n) is 2.98. The molecule has 12 heavy (non-hydrogen) atoms. The summed E-state index contributed by atoms with van der Waals surface area (Å²) in [6.07, 6.45) is 2.05. The highest BCUT2D eigenvalue weighted by Gasteiger charge is 2.21. The van der Waals surface area contributed by atoms with Gasteiger partial charge in [0.2, 0.25) is 0 Å². The summed E-state index contributed by atoms with van der Waals surface area (Å²) in [5.74, 6) is -0.00134. The maximum Gasteiger partial charge on any atom is 0.185 e. The van der Waals surface area contributed by atoms with Gasteiger partial charge in [0.15, 0.2) is 11.6 Å². The standard InChI is InChI=1S/C10H12O2/c1-4-8-7(3)9(11)5-6(2)10(8)12/h5H,4H2,1-3H3. The minimum Gasteiger partial charge on any atom is -0.290 e. The van der Waals surface area contributed by atoms with Crippen molar-refractivity contribution in [3.63, 3.8) is 0 Å². The van der Waals surface area contributed by atoms with Crippen molar-refractivity contribution in [2.45, 2.75) is 27.2 Å². The SMILES string of the molecule is CCC1=C(C)C(=O)C=C(C)C1=O. The molecule has 0 aromatic heterocycles. The Morgan fingerprint density at radius 2 is 1.83 bits per heavy atom. The second kappa shape index (κ2) is 3.05. The molecule has 64 valence electrons. The molecule has 0 N–H and O–H groups in total. The molecule has 0 saturated heterocycles. The molecule has 1 aliphatic rings. The van der Waals surface area contributed by atoms with Crippen molar-refractivity contribution in [2.24, 2.45) is 0 Å². The molecule has 0 aromatic carbocycles. The smallest absolute Gasteiger partial charge is 0.185 e. The molecule has 0 unspecified atom stereocenters. The van der Waals surface area contributed by atoms with E-state index < -0.39 is 0 Å². The van der Waals surface area contributed by atoms with Crippen LogP contribution in [0.5, 0.6) is 0 Å². The first kappa shape index (κ1) is 8.91. The van der Waals surface area contributed by atoms with Crippen molar-refractivity contribution in [3.05, 3.63) is 22.8 Å². The molecule has 0 bridgehead atoms. The van der Waals surface area contributed by atoms with Gasteiger partial charge in [-0.1, -0.05) is 6.92 Å². The summed E-state index contributed by atoms with van der Waals surface area (Å²) < 4.78 is 0. The van der Waals surface area contributed by atoms with E-state index in [1.165, 1.54) is 6.08 Å². The van der Waals surface area contributed by atoms with Gasteiger partial charge < -0.3 is 0 Å². The van der Waals surface area contributed by atoms with Gasteiger partial charge in [-0.2, -0.15) is 0 Å². The van der Waals surface area contributed by atoms with Gasteiger partial charge in [-0.15, -0.1) is 0 Å². The van der Waals surface area contributed by atoms with Gasteiger partial charge in [0.25, 0.3) is 0 Å². The minimum absolute atomic E-state index is 0.0228. The van der Waals surface area contributed by atoms with Gasteiger partial charge in [0, 0.05) is 16.7 Å². The second-order valence-corrected chi connectivity index (χ2v) is 2.98. The Morgan fingerprint density at radius 1 is 1.25 bits per heavy atom. The lowest BCUT2D eigenvalue weighted by Gasteiger charge is -2.12. The van der Waals surface area contributed by atoms with Gasteiger partial charge in [0.1, 0.15) is 0 Å². The zero-order valence-electron chi connectivity index (χ0n) is 7.60. The lowest BCUT2D eigenvalue weighted by molar-refractivity contribution is -0.115. The zero-order valence-corrected chi connectivity index (χ0v) is 7.60. The summed E-state index contributed by atoms with van der Waals surface area (Å²) in [6, 6.07) is 0. The minimum atomic E-state index is -0.0241. The third-order valence-electron chi connectivity index (χ3n) is 2.16. The third-order valence-corrected chi connectivity index (χ3v) is 2.16. The molecule has 0 atom stereocenters. The molecule has 0 saturated carbocycles. The largest absolute Gasteiger partial charge is 0.290 e. The summed E-state index contributed by atoms with van der Waals surface area (Å²) in [5, 5.41) is 0. The van der Waals surface area contributed by atoms with Crippen molar-refractivity contribution in [1.29, 1.82) is 0 Å². The average Bonchev–Trinajstić information content (AvgIpc) is 2.02. The maximum atomic E-state index is 11.4. The number of carbonyl (C=O) groups is 2. The molecule has 0 fully saturated rings. The number of rotatable bonds is 1. The highest BCUT2D eigenvalue weighted by atomic mass is 16.1. The van der Waals surface area contributed by atoms with Crippen LogP contribution in [-0.2, 0) is 9.59 Å². The van der Waals surface area contributed by atoms with E-state index in [0.717, 1.165) is 0 Å². The first-order chi connectivity index (χ1) is 5.57. The Bertz CT molecular complexity index is 306. The average molecular weight is 164 g/mol. The molecule has 0 aliphatic heterocycles. The fourth-order valence-corrected chi connectivity index (χ4v) is 1.35. The number of carbonyl (C=O) groups excluding carboxylic acids is 2. The number of Topliss-reactive ketones (excluding diaryl/α,β-unsaturated/α-hetero) is 1. The van der Waals surface area contributed by atoms with Crippen LogP contribution in [0.2, 0.25) is 0 Å². The van der Waals surface area contributed by atoms with Gasteiger partial charge in [0.05, 0.1) is 0 Å². The maximum absolute atomic E-state index is 11.4. The highest BCUT2D eigenvalue weighted by molar-refractivity contribution is 6.22. The van der Waals surface area contributed by atoms with Gasteiger partial charge in [-0.25, -0.2) is 0 Å². The molecule has 0 heterocycles. The van der Waals surface area contributed by atoms with E-state index in [0.29, 0.717) is 23.1 Å². The monoisotopic (exact) mass is 164 g/mol. The molecule has 0 spiro atoms. The third kappa shape index (κ3) is 1.24. The molecular formula is C10H12O2. The number of ketones is 2. The van der Waals surface area contributed by atoms with Crippen molar-refractivity contribution >= 4 is 11.6 Å². The van der Waals surface area contributed by atoms with Crippen molar-refractivity contribution in [1.82, 2.24) is 0 Å². The summed E-state index contributed by atoms with van der Waals surface area (Å²) in [4.78, 5) is 22.7. The van der Waals surface area contributed by atoms with E-state index in [2.05, 4.69) is 0 Å². The molecule has 0 radical (unpaired) electrons. The number of hydrogen-bond donors (Lipinski definition) is 0. The normalized spacial score (nSPS) is 18.4. The lowest BCUT2D eigenvalue weighted by Crippen LogP contribution is -2.16. The molecule has 0 aromatic rings. The van der Waals surface area contributed by atoms with Crippen molar-refractivity contribution in [3.8, 4) is 0 Å². The first-order valence-corrected chi connectivity index (χ1v) is 4.05. The number of hydrogen-bond acceptors (Lipinski definition) is 2. The van der Waals surface area contributed by atoms with E-state index in [1.54, 1.807) is 13.8 Å². The van der Waals surface area contributed by atoms with Crippen LogP contribution in [0.4, 0.5) is 0 Å². The van der Waals surface area contributed by atoms with Crippen LogP contribution in [0.1, 0.15) is 27.2 Å². The highest BCUT2D eigenvalue weighted by Crippen LogP contribution is 2.20. The van der Waals surface area contributed by atoms with Crippen LogP contribution in [0, 0.1) is 0 Å². The quantitative estimate of drug-likeness (QED) is 0.554. The predicted molar refractivity (Wildman–Crippen MR) is 46.8 cm³/mol. The fraction of sp³-hybridized carbons (Fsp3) is 0.400. The summed E-state index contributed by atoms with van der Waals surface area (Å²) >= 11 is 0. The van der Waals surface area contributed by atoms with Crippen LogP contribution in [0.3, 0.4) is 0 Å². The van der Waals surface area contributed by atoms with Gasteiger partial charge >= 0.3 is 0 Å². The van der Waals surface area contributed by atoms with Crippen LogP contribution in [0.15, 0.2) is 22.8 Å². The molecule has 0 amide bonds. The Kier molecular flexibility index (Phi) is 2.27. The first-order valence-electron chi connectivity index (χ1n) is 4.05. The Hall–Kier alpha value is -1.18. The van der Waals surface area contributed by atoms with Crippen molar-refractivity contribution in [2.75, 3.05) is 0 Å². The Labute approximate surface area is 72.0 Å². The predicted octanol–water partition coefficient (Wildman–Crippen LogP) is 1.81. The molecule has 2 heteroatoms. The van der Waals surface area contributed by atoms with Crippen LogP contribution in [0.25, 0.3) is 0 Å². The Morgan fingerprint density at radius 3 is 2.33 bits per heavy atom. The molecule has 1 rings (SSSR count). The van der Waals surface area contributed by atoms with Gasteiger partial charge in [-0.3, -0.25) is 9.59 Å². The van der Waals surface area contributed by atoms with Crippen LogP contribution >= 0.6 is 0 Å². The summed E-state index contributed by atoms with van der Waals surface area (Å²) in [5.41, 5.74) is 1.83. The molecular weight excluding hydrogens is 152 g/mol. The van der Waals surface area contributed by atoms with Crippen LogP contribution < -0.4 is 0 Å². The topological polar surface area (TPSA) is 34.1 Å². The van der Waals surface area contributed by atoms with Gasteiger partial charge in [-0.05, 0) is 26.3 Å². The Balaban J connectivity index is 3.17. The van der Waals surface area contributed by atoms with E-state index in [-0.39, 0.29) is 11.6 Å². The summed E-state index contributed by atoms with van der Waals surface area (Å²) in [7, 11) is 0. The van der Waals surface area contributed by atoms with E-state index >= 15 is 0 Å². The zero-order chi connectivity index (χ0) is 9.30. The van der Waals surface area contributed by atoms with Crippen LogP contribution in [-0.4, -0.2) is 11.6 Å². The van der Waals surface area contributed by atoms with E-state index in [4.69, 9.17) is 0 Å². The van der Waals surface area contributed by atoms with E-state index in [9.17, 15) is 9.59 Å². The van der Waals surface area contributed by atoms with Crippen molar-refractivity contribution < 1.29 is 9.59 Å². The van der Waals surface area contributed by atoms with E-state index in [1.807, 2.05) is 6.92 Å². The fourth-order valence-electron chi connectivity index (χ4n) is 1.35. The molecule has 2 nitrogen and oxygen atoms in total. The summed E-state index contributed by atoms with van der Waals surface area (Å²) in [6.45, 7) is 5.28. The number of allylic oxidation sites excluding steroid dienone is 4. The lowest BCUT2D eigenvalue weighted by atomic mass is 9.90. The molecule has 1 aliphatic carbocycles.